The van der Waals surface area contributed by atoms with Gasteiger partial charge in [-0.1, -0.05) is 36.4 Å². The SMILES string of the molecule is C=CCC(C)(O)CCc1ccccc1. The monoisotopic (exact) mass is 190 g/mol. The number of rotatable bonds is 5. The Balaban J connectivity index is 2.44. The summed E-state index contributed by atoms with van der Waals surface area (Å²) in [5, 5.41) is 9.90. The zero-order chi connectivity index (χ0) is 10.4. The average Bonchev–Trinajstić information content (AvgIpc) is 2.17. The van der Waals surface area contributed by atoms with Crippen molar-refractivity contribution in [2.45, 2.75) is 31.8 Å². The van der Waals surface area contributed by atoms with Crippen molar-refractivity contribution < 1.29 is 5.11 Å². The average molecular weight is 190 g/mol. The second-order valence-corrected chi connectivity index (χ2v) is 3.98. The Hall–Kier alpha value is -1.08. The number of aliphatic hydroxyl groups is 1. The van der Waals surface area contributed by atoms with Gasteiger partial charge in [0.2, 0.25) is 0 Å². The van der Waals surface area contributed by atoms with Gasteiger partial charge in [0.15, 0.2) is 0 Å². The maximum atomic E-state index is 9.90. The van der Waals surface area contributed by atoms with Gasteiger partial charge in [-0.2, -0.15) is 0 Å². The third-order valence-corrected chi connectivity index (χ3v) is 2.38. The third kappa shape index (κ3) is 3.75. The molecule has 0 fully saturated rings. The standard InChI is InChI=1S/C13H18O/c1-3-10-13(2,14)11-9-12-7-5-4-6-8-12/h3-8,14H,1,9-11H2,2H3. The topological polar surface area (TPSA) is 20.2 Å². The molecule has 1 unspecified atom stereocenters. The maximum Gasteiger partial charge on any atom is 0.0657 e. The highest BCUT2D eigenvalue weighted by Gasteiger charge is 2.17. The Morgan fingerprint density at radius 2 is 2.00 bits per heavy atom. The van der Waals surface area contributed by atoms with Crippen LogP contribution in [0.1, 0.15) is 25.3 Å². The molecule has 1 heteroatoms. The number of benzene rings is 1. The summed E-state index contributed by atoms with van der Waals surface area (Å²) in [5.41, 5.74) is 0.661. The van der Waals surface area contributed by atoms with Crippen LogP contribution < -0.4 is 0 Å². The van der Waals surface area contributed by atoms with E-state index in [1.807, 2.05) is 25.1 Å². The van der Waals surface area contributed by atoms with E-state index in [1.165, 1.54) is 5.56 Å². The first-order valence-corrected chi connectivity index (χ1v) is 5.01. The Bertz CT molecular complexity index is 275. The summed E-state index contributed by atoms with van der Waals surface area (Å²) in [6.45, 7) is 5.50. The van der Waals surface area contributed by atoms with Crippen LogP contribution >= 0.6 is 0 Å². The quantitative estimate of drug-likeness (QED) is 0.708. The van der Waals surface area contributed by atoms with Gasteiger partial charge in [0.05, 0.1) is 5.60 Å². The van der Waals surface area contributed by atoms with Gasteiger partial charge in [-0.15, -0.1) is 6.58 Å². The Morgan fingerprint density at radius 3 is 2.57 bits per heavy atom. The van der Waals surface area contributed by atoms with Crippen molar-refractivity contribution in [1.29, 1.82) is 0 Å². The fraction of sp³-hybridized carbons (Fsp3) is 0.385. The molecule has 1 N–H and O–H groups in total. The van der Waals surface area contributed by atoms with Crippen molar-refractivity contribution >= 4 is 0 Å². The molecule has 0 saturated carbocycles. The minimum Gasteiger partial charge on any atom is -0.390 e. The first kappa shape index (κ1) is 11.0. The molecule has 0 spiro atoms. The Morgan fingerprint density at radius 1 is 1.36 bits per heavy atom. The van der Waals surface area contributed by atoms with Gasteiger partial charge in [-0.05, 0) is 31.7 Å². The maximum absolute atomic E-state index is 9.90. The van der Waals surface area contributed by atoms with Crippen LogP contribution in [0.4, 0.5) is 0 Å². The lowest BCUT2D eigenvalue weighted by atomic mass is 9.94. The highest BCUT2D eigenvalue weighted by atomic mass is 16.3. The van der Waals surface area contributed by atoms with E-state index in [-0.39, 0.29) is 0 Å². The normalized spacial score (nSPS) is 14.7. The number of aryl methyl sites for hydroxylation is 1. The molecular formula is C13H18O. The lowest BCUT2D eigenvalue weighted by Gasteiger charge is -2.21. The van der Waals surface area contributed by atoms with E-state index < -0.39 is 5.60 Å². The fourth-order valence-corrected chi connectivity index (χ4v) is 1.47. The van der Waals surface area contributed by atoms with Crippen molar-refractivity contribution in [3.05, 3.63) is 48.6 Å². The first-order valence-electron chi connectivity index (χ1n) is 5.01. The van der Waals surface area contributed by atoms with Crippen LogP contribution in [0.25, 0.3) is 0 Å². The van der Waals surface area contributed by atoms with Gasteiger partial charge in [0.25, 0.3) is 0 Å². The Kier molecular flexibility index (Phi) is 3.90. The fourth-order valence-electron chi connectivity index (χ4n) is 1.47. The van der Waals surface area contributed by atoms with Gasteiger partial charge in [-0.25, -0.2) is 0 Å². The summed E-state index contributed by atoms with van der Waals surface area (Å²) in [7, 11) is 0. The molecule has 0 aliphatic rings. The smallest absolute Gasteiger partial charge is 0.0657 e. The molecule has 1 aromatic rings. The van der Waals surface area contributed by atoms with E-state index in [0.717, 1.165) is 12.8 Å². The van der Waals surface area contributed by atoms with Gasteiger partial charge < -0.3 is 5.11 Å². The molecule has 0 aromatic heterocycles. The summed E-state index contributed by atoms with van der Waals surface area (Å²) < 4.78 is 0. The highest BCUT2D eigenvalue weighted by molar-refractivity contribution is 5.15. The predicted octanol–water partition coefficient (Wildman–Crippen LogP) is 2.95. The molecule has 0 radical (unpaired) electrons. The van der Waals surface area contributed by atoms with Crippen LogP contribution in [0, 0.1) is 0 Å². The number of hydrogen-bond acceptors (Lipinski definition) is 1. The minimum absolute atomic E-state index is 0.614. The van der Waals surface area contributed by atoms with E-state index in [1.54, 1.807) is 6.08 Å². The van der Waals surface area contributed by atoms with Crippen LogP contribution in [-0.2, 0) is 6.42 Å². The second-order valence-electron chi connectivity index (χ2n) is 3.98. The molecule has 0 aliphatic heterocycles. The highest BCUT2D eigenvalue weighted by Crippen LogP contribution is 2.17. The predicted molar refractivity (Wildman–Crippen MR) is 60.2 cm³/mol. The van der Waals surface area contributed by atoms with Crippen molar-refractivity contribution in [3.63, 3.8) is 0 Å². The van der Waals surface area contributed by atoms with E-state index in [9.17, 15) is 5.11 Å². The summed E-state index contributed by atoms with van der Waals surface area (Å²) >= 11 is 0. The molecule has 14 heavy (non-hydrogen) atoms. The molecule has 1 nitrogen and oxygen atoms in total. The van der Waals surface area contributed by atoms with E-state index in [4.69, 9.17) is 0 Å². The third-order valence-electron chi connectivity index (χ3n) is 2.38. The molecule has 1 rings (SSSR count). The summed E-state index contributed by atoms with van der Waals surface area (Å²) in [6.07, 6.45) is 4.12. The van der Waals surface area contributed by atoms with Gasteiger partial charge in [-0.3, -0.25) is 0 Å². The van der Waals surface area contributed by atoms with Gasteiger partial charge >= 0.3 is 0 Å². The van der Waals surface area contributed by atoms with Crippen molar-refractivity contribution in [3.8, 4) is 0 Å². The lowest BCUT2D eigenvalue weighted by Crippen LogP contribution is -2.23. The molecule has 0 heterocycles. The largest absolute Gasteiger partial charge is 0.390 e. The minimum atomic E-state index is -0.614. The van der Waals surface area contributed by atoms with Crippen molar-refractivity contribution in [2.75, 3.05) is 0 Å². The summed E-state index contributed by atoms with van der Waals surface area (Å²) in [6, 6.07) is 10.2. The van der Waals surface area contributed by atoms with Crippen LogP contribution in [0.2, 0.25) is 0 Å². The zero-order valence-corrected chi connectivity index (χ0v) is 8.74. The van der Waals surface area contributed by atoms with Crippen LogP contribution in [0.3, 0.4) is 0 Å². The molecular weight excluding hydrogens is 172 g/mol. The molecule has 1 aromatic carbocycles. The van der Waals surface area contributed by atoms with Crippen molar-refractivity contribution in [1.82, 2.24) is 0 Å². The van der Waals surface area contributed by atoms with Gasteiger partial charge in [0, 0.05) is 0 Å². The first-order chi connectivity index (χ1) is 6.64. The van der Waals surface area contributed by atoms with Gasteiger partial charge in [0.1, 0.15) is 0 Å². The van der Waals surface area contributed by atoms with E-state index >= 15 is 0 Å². The summed E-state index contributed by atoms with van der Waals surface area (Å²) in [5.74, 6) is 0. The van der Waals surface area contributed by atoms with E-state index in [2.05, 4.69) is 18.7 Å². The van der Waals surface area contributed by atoms with Crippen LogP contribution in [0.5, 0.6) is 0 Å². The summed E-state index contributed by atoms with van der Waals surface area (Å²) in [4.78, 5) is 0. The molecule has 1 atom stereocenters. The Labute approximate surface area is 86.1 Å². The molecule has 0 aliphatic carbocycles. The molecule has 76 valence electrons. The van der Waals surface area contributed by atoms with Crippen molar-refractivity contribution in [2.24, 2.45) is 0 Å². The van der Waals surface area contributed by atoms with Crippen LogP contribution in [-0.4, -0.2) is 10.7 Å². The molecule has 0 amide bonds. The second kappa shape index (κ2) is 4.97. The lowest BCUT2D eigenvalue weighted by molar-refractivity contribution is 0.0544. The number of hydrogen-bond donors (Lipinski definition) is 1. The molecule has 0 saturated heterocycles. The van der Waals surface area contributed by atoms with Crippen LogP contribution in [0.15, 0.2) is 43.0 Å². The van der Waals surface area contributed by atoms with E-state index in [0.29, 0.717) is 6.42 Å². The zero-order valence-electron chi connectivity index (χ0n) is 8.74. The molecule has 0 bridgehead atoms.